The quantitative estimate of drug-likeness (QED) is 0.492. The minimum Gasteiger partial charge on any atom is -0.481 e. The Bertz CT molecular complexity index is 876. The van der Waals surface area contributed by atoms with Gasteiger partial charge >= 0.3 is 12.1 Å². The summed E-state index contributed by atoms with van der Waals surface area (Å²) in [5, 5.41) is 12.0. The lowest BCUT2D eigenvalue weighted by atomic mass is 9.99. The van der Waals surface area contributed by atoms with E-state index in [0.29, 0.717) is 53.5 Å². The Morgan fingerprint density at radius 2 is 1.81 bits per heavy atom. The zero-order chi connectivity index (χ0) is 23.3. The van der Waals surface area contributed by atoms with E-state index in [4.69, 9.17) is 5.11 Å². The van der Waals surface area contributed by atoms with Crippen molar-refractivity contribution in [2.45, 2.75) is 53.1 Å². The Kier molecular flexibility index (Phi) is 8.21. The number of carboxylic acids is 1. The number of carboxylic acid groups (broad SMARTS) is 1. The second-order valence-corrected chi connectivity index (χ2v) is 9.13. The number of rotatable bonds is 10. The van der Waals surface area contributed by atoms with E-state index in [9.17, 15) is 18.0 Å². The maximum atomic E-state index is 12.9. The fourth-order valence-corrected chi connectivity index (χ4v) is 3.70. The van der Waals surface area contributed by atoms with E-state index in [1.54, 1.807) is 19.2 Å². The van der Waals surface area contributed by atoms with Crippen LogP contribution < -0.4 is 10.2 Å². The predicted molar refractivity (Wildman–Crippen MR) is 115 cm³/mol. The first-order valence-corrected chi connectivity index (χ1v) is 10.8. The number of anilines is 3. The standard InChI is InChI=1S/C20H28F3N5O2S/c1-11(2)9-28(10-12(3)4)17-15(7-14(8-24-17)13(5)6-16(29)30)25-19-26-18(27-31-19)20(21,22)23/h7-8,11-13H,6,9-10H2,1-5H3,(H,29,30)(H,25,26,27). The molecule has 0 aliphatic rings. The summed E-state index contributed by atoms with van der Waals surface area (Å²) >= 11 is 0.612. The van der Waals surface area contributed by atoms with Crippen molar-refractivity contribution in [1.29, 1.82) is 0 Å². The maximum Gasteiger partial charge on any atom is 0.452 e. The third-order valence-corrected chi connectivity index (χ3v) is 4.96. The lowest BCUT2D eigenvalue weighted by Crippen LogP contribution is -2.32. The van der Waals surface area contributed by atoms with Gasteiger partial charge in [-0.2, -0.15) is 22.5 Å². The van der Waals surface area contributed by atoms with Gasteiger partial charge in [0, 0.05) is 30.8 Å². The first kappa shape index (κ1) is 24.8. The van der Waals surface area contributed by atoms with E-state index in [1.165, 1.54) is 0 Å². The van der Waals surface area contributed by atoms with Crippen molar-refractivity contribution in [2.24, 2.45) is 11.8 Å². The molecule has 0 amide bonds. The molecule has 7 nitrogen and oxygen atoms in total. The highest BCUT2D eigenvalue weighted by molar-refractivity contribution is 7.09. The average Bonchev–Trinajstić information content (AvgIpc) is 3.08. The predicted octanol–water partition coefficient (Wildman–Crippen LogP) is 5.39. The van der Waals surface area contributed by atoms with Crippen LogP contribution in [0.25, 0.3) is 0 Å². The van der Waals surface area contributed by atoms with E-state index >= 15 is 0 Å². The zero-order valence-electron chi connectivity index (χ0n) is 18.2. The van der Waals surface area contributed by atoms with Crippen molar-refractivity contribution < 1.29 is 23.1 Å². The number of nitrogens with zero attached hydrogens (tertiary/aromatic N) is 4. The first-order chi connectivity index (χ1) is 14.4. The number of pyridine rings is 1. The number of carbonyl (C=O) groups is 1. The van der Waals surface area contributed by atoms with Gasteiger partial charge < -0.3 is 15.3 Å². The Hall–Kier alpha value is -2.43. The van der Waals surface area contributed by atoms with E-state index in [-0.39, 0.29) is 17.5 Å². The summed E-state index contributed by atoms with van der Waals surface area (Å²) < 4.78 is 42.1. The van der Waals surface area contributed by atoms with E-state index in [2.05, 4.69) is 52.3 Å². The Morgan fingerprint density at radius 1 is 1.19 bits per heavy atom. The third-order valence-electron chi connectivity index (χ3n) is 4.33. The second kappa shape index (κ2) is 10.3. The fourth-order valence-electron chi connectivity index (χ4n) is 3.10. The van der Waals surface area contributed by atoms with Gasteiger partial charge in [-0.3, -0.25) is 4.79 Å². The summed E-state index contributed by atoms with van der Waals surface area (Å²) in [6.07, 6.45) is -3.08. The number of hydrogen-bond donors (Lipinski definition) is 2. The molecule has 0 saturated heterocycles. The summed E-state index contributed by atoms with van der Waals surface area (Å²) in [4.78, 5) is 21.3. The highest BCUT2D eigenvalue weighted by Crippen LogP contribution is 2.34. The van der Waals surface area contributed by atoms with Crippen LogP contribution in [0.4, 0.5) is 29.8 Å². The molecule has 0 fully saturated rings. The van der Waals surface area contributed by atoms with Crippen LogP contribution in [0.1, 0.15) is 58.3 Å². The molecule has 0 spiro atoms. The number of aromatic nitrogens is 3. The minimum absolute atomic E-state index is 0.00698. The zero-order valence-corrected chi connectivity index (χ0v) is 19.0. The summed E-state index contributed by atoms with van der Waals surface area (Å²) in [5.41, 5.74) is 1.14. The van der Waals surface area contributed by atoms with Gasteiger partial charge in [0.05, 0.1) is 12.1 Å². The van der Waals surface area contributed by atoms with E-state index in [1.807, 2.05) is 0 Å². The molecule has 0 saturated carbocycles. The van der Waals surface area contributed by atoms with Crippen LogP contribution in [0.3, 0.4) is 0 Å². The lowest BCUT2D eigenvalue weighted by molar-refractivity contribution is -0.144. The van der Waals surface area contributed by atoms with Gasteiger partial charge in [0.1, 0.15) is 0 Å². The lowest BCUT2D eigenvalue weighted by Gasteiger charge is -2.29. The van der Waals surface area contributed by atoms with Crippen LogP contribution in [0.5, 0.6) is 0 Å². The topological polar surface area (TPSA) is 91.2 Å². The van der Waals surface area contributed by atoms with Crippen molar-refractivity contribution >= 4 is 34.1 Å². The van der Waals surface area contributed by atoms with Crippen molar-refractivity contribution in [2.75, 3.05) is 23.3 Å². The summed E-state index contributed by atoms with van der Waals surface area (Å²) in [6, 6.07) is 1.73. The molecule has 2 aromatic heterocycles. The smallest absolute Gasteiger partial charge is 0.452 e. The van der Waals surface area contributed by atoms with Gasteiger partial charge in [-0.25, -0.2) is 4.98 Å². The van der Waals surface area contributed by atoms with E-state index in [0.717, 1.165) is 0 Å². The van der Waals surface area contributed by atoms with Crippen LogP contribution in [0.15, 0.2) is 12.3 Å². The Balaban J connectivity index is 2.47. The van der Waals surface area contributed by atoms with Crippen LogP contribution in [-0.2, 0) is 11.0 Å². The Labute approximate surface area is 183 Å². The number of alkyl halides is 3. The van der Waals surface area contributed by atoms with E-state index < -0.39 is 18.0 Å². The summed E-state index contributed by atoms with van der Waals surface area (Å²) in [7, 11) is 0. The first-order valence-electron chi connectivity index (χ1n) is 10.0. The van der Waals surface area contributed by atoms with Crippen molar-refractivity contribution in [3.63, 3.8) is 0 Å². The molecular formula is C20H28F3N5O2S. The monoisotopic (exact) mass is 459 g/mol. The van der Waals surface area contributed by atoms with Crippen LogP contribution in [-0.4, -0.2) is 38.5 Å². The molecule has 2 aromatic rings. The van der Waals surface area contributed by atoms with Crippen LogP contribution >= 0.6 is 11.5 Å². The molecule has 2 N–H and O–H groups in total. The van der Waals surface area contributed by atoms with Crippen molar-refractivity contribution in [3.8, 4) is 0 Å². The van der Waals surface area contributed by atoms with Crippen molar-refractivity contribution in [3.05, 3.63) is 23.7 Å². The minimum atomic E-state index is -4.63. The molecule has 1 atom stereocenters. The van der Waals surface area contributed by atoms with Crippen molar-refractivity contribution in [1.82, 2.24) is 14.3 Å². The summed E-state index contributed by atoms with van der Waals surface area (Å²) in [5.74, 6) is -1.21. The average molecular weight is 460 g/mol. The maximum absolute atomic E-state index is 12.9. The van der Waals surface area contributed by atoms with Gasteiger partial charge in [0.15, 0.2) is 5.82 Å². The molecule has 11 heteroatoms. The molecule has 31 heavy (non-hydrogen) atoms. The molecule has 172 valence electrons. The number of hydrogen-bond acceptors (Lipinski definition) is 7. The molecule has 0 bridgehead atoms. The number of halogens is 3. The van der Waals surface area contributed by atoms with Gasteiger partial charge in [0.25, 0.3) is 0 Å². The van der Waals surface area contributed by atoms with Gasteiger partial charge in [-0.05, 0) is 29.4 Å². The molecule has 2 heterocycles. The molecule has 1 unspecified atom stereocenters. The molecular weight excluding hydrogens is 431 g/mol. The second-order valence-electron chi connectivity index (χ2n) is 8.38. The SMILES string of the molecule is CC(C)CN(CC(C)C)c1ncc(C(C)CC(=O)O)cc1Nc1nc(C(F)(F)F)ns1. The fraction of sp³-hybridized carbons (Fsp3) is 0.600. The van der Waals surface area contributed by atoms with Crippen LogP contribution in [0, 0.1) is 11.8 Å². The molecule has 0 aliphatic carbocycles. The van der Waals surface area contributed by atoms with Gasteiger partial charge in [0.2, 0.25) is 11.0 Å². The normalized spacial score (nSPS) is 13.0. The highest BCUT2D eigenvalue weighted by Gasteiger charge is 2.36. The Morgan fingerprint density at radius 3 is 2.29 bits per heavy atom. The van der Waals surface area contributed by atoms with Gasteiger partial charge in [-0.1, -0.05) is 34.6 Å². The highest BCUT2D eigenvalue weighted by atomic mass is 32.1. The molecule has 0 aromatic carbocycles. The number of aliphatic carboxylic acids is 1. The van der Waals surface area contributed by atoms with Gasteiger partial charge in [-0.15, -0.1) is 0 Å². The molecule has 0 aliphatic heterocycles. The largest absolute Gasteiger partial charge is 0.481 e. The third kappa shape index (κ3) is 7.34. The summed E-state index contributed by atoms with van der Waals surface area (Å²) in [6.45, 7) is 11.5. The van der Waals surface area contributed by atoms with Crippen LogP contribution in [0.2, 0.25) is 0 Å². The molecule has 2 rings (SSSR count). The number of nitrogens with one attached hydrogen (secondary N) is 1. The molecule has 0 radical (unpaired) electrons.